The van der Waals surface area contributed by atoms with Crippen LogP contribution in [-0.2, 0) is 0 Å². The molecule has 0 aliphatic rings. The van der Waals surface area contributed by atoms with Crippen molar-refractivity contribution in [3.8, 4) is 21.7 Å². The van der Waals surface area contributed by atoms with Crippen LogP contribution in [-0.4, -0.2) is 4.98 Å². The molecule has 0 amide bonds. The summed E-state index contributed by atoms with van der Waals surface area (Å²) in [4.78, 5) is 6.03. The third-order valence-electron chi connectivity index (χ3n) is 3.82. The standard InChI is InChI=1S/C20H15NS/c1-14-21-19(16-9-3-2-4-10-16)20(22-14)18-13-7-11-15-8-5-6-12-17(15)18/h2-13H,1H3. The number of benzene rings is 3. The zero-order chi connectivity index (χ0) is 14.9. The fourth-order valence-electron chi connectivity index (χ4n) is 2.82. The average molecular weight is 301 g/mol. The van der Waals surface area contributed by atoms with Gasteiger partial charge in [-0.1, -0.05) is 72.8 Å². The highest BCUT2D eigenvalue weighted by molar-refractivity contribution is 7.15. The fourth-order valence-corrected chi connectivity index (χ4v) is 3.81. The molecule has 0 N–H and O–H groups in total. The molecule has 1 aromatic heterocycles. The molecule has 0 aliphatic heterocycles. The zero-order valence-electron chi connectivity index (χ0n) is 12.3. The van der Waals surface area contributed by atoms with Crippen molar-refractivity contribution in [1.82, 2.24) is 4.98 Å². The van der Waals surface area contributed by atoms with Crippen LogP contribution >= 0.6 is 11.3 Å². The molecule has 22 heavy (non-hydrogen) atoms. The van der Waals surface area contributed by atoms with E-state index in [1.54, 1.807) is 11.3 Å². The highest BCUT2D eigenvalue weighted by Gasteiger charge is 2.14. The van der Waals surface area contributed by atoms with E-state index in [0.717, 1.165) is 10.7 Å². The second-order valence-electron chi connectivity index (χ2n) is 5.30. The van der Waals surface area contributed by atoms with Gasteiger partial charge in [-0.2, -0.15) is 0 Å². The molecule has 1 heterocycles. The van der Waals surface area contributed by atoms with Crippen molar-refractivity contribution in [2.45, 2.75) is 6.92 Å². The summed E-state index contributed by atoms with van der Waals surface area (Å²) in [5.74, 6) is 0. The molecule has 0 saturated heterocycles. The summed E-state index contributed by atoms with van der Waals surface area (Å²) in [6, 6.07) is 25.5. The molecule has 4 rings (SSSR count). The van der Waals surface area contributed by atoms with Gasteiger partial charge in [0.25, 0.3) is 0 Å². The number of rotatable bonds is 2. The SMILES string of the molecule is Cc1nc(-c2ccccc2)c(-c2cccc3ccccc23)s1. The van der Waals surface area contributed by atoms with Crippen molar-refractivity contribution in [3.63, 3.8) is 0 Å². The summed E-state index contributed by atoms with van der Waals surface area (Å²) in [6.45, 7) is 2.08. The third-order valence-corrected chi connectivity index (χ3v) is 4.82. The Labute approximate surface area is 133 Å². The predicted octanol–water partition coefficient (Wildman–Crippen LogP) is 5.94. The second-order valence-corrected chi connectivity index (χ2v) is 6.51. The molecule has 0 radical (unpaired) electrons. The predicted molar refractivity (Wildman–Crippen MR) is 95.2 cm³/mol. The van der Waals surface area contributed by atoms with Crippen molar-refractivity contribution in [1.29, 1.82) is 0 Å². The molecule has 0 unspecified atom stereocenters. The summed E-state index contributed by atoms with van der Waals surface area (Å²) < 4.78 is 0. The third kappa shape index (κ3) is 2.22. The Bertz CT molecular complexity index is 933. The Morgan fingerprint density at radius 3 is 2.36 bits per heavy atom. The first-order valence-corrected chi connectivity index (χ1v) is 8.15. The van der Waals surface area contributed by atoms with Crippen LogP contribution in [0.5, 0.6) is 0 Å². The van der Waals surface area contributed by atoms with E-state index in [9.17, 15) is 0 Å². The van der Waals surface area contributed by atoms with Crippen molar-refractivity contribution >= 4 is 22.1 Å². The van der Waals surface area contributed by atoms with E-state index in [4.69, 9.17) is 4.98 Å². The quantitative estimate of drug-likeness (QED) is 0.446. The van der Waals surface area contributed by atoms with Crippen LogP contribution in [0.1, 0.15) is 5.01 Å². The van der Waals surface area contributed by atoms with E-state index in [2.05, 4.69) is 73.7 Å². The van der Waals surface area contributed by atoms with E-state index in [1.165, 1.54) is 26.8 Å². The molecular weight excluding hydrogens is 286 g/mol. The first-order valence-electron chi connectivity index (χ1n) is 7.34. The van der Waals surface area contributed by atoms with Gasteiger partial charge in [0, 0.05) is 11.1 Å². The Morgan fingerprint density at radius 1 is 0.773 bits per heavy atom. The highest BCUT2D eigenvalue weighted by atomic mass is 32.1. The van der Waals surface area contributed by atoms with Crippen molar-refractivity contribution in [2.24, 2.45) is 0 Å². The summed E-state index contributed by atoms with van der Waals surface area (Å²) in [6.07, 6.45) is 0. The van der Waals surface area contributed by atoms with Gasteiger partial charge in [0.15, 0.2) is 0 Å². The fraction of sp³-hybridized carbons (Fsp3) is 0.0500. The molecule has 106 valence electrons. The van der Waals surface area contributed by atoms with E-state index in [1.807, 2.05) is 6.07 Å². The summed E-state index contributed by atoms with van der Waals surface area (Å²) >= 11 is 1.77. The number of nitrogens with zero attached hydrogens (tertiary/aromatic N) is 1. The number of aryl methyl sites for hydroxylation is 1. The van der Waals surface area contributed by atoms with E-state index >= 15 is 0 Å². The van der Waals surface area contributed by atoms with Gasteiger partial charge in [0.1, 0.15) is 0 Å². The molecule has 0 aliphatic carbocycles. The minimum atomic E-state index is 1.08. The normalized spacial score (nSPS) is 11.0. The summed E-state index contributed by atoms with van der Waals surface area (Å²) in [5.41, 5.74) is 3.52. The lowest BCUT2D eigenvalue weighted by Gasteiger charge is -2.07. The van der Waals surface area contributed by atoms with Gasteiger partial charge < -0.3 is 0 Å². The maximum atomic E-state index is 4.78. The van der Waals surface area contributed by atoms with E-state index < -0.39 is 0 Å². The summed E-state index contributed by atoms with van der Waals surface area (Å²) in [7, 11) is 0. The molecule has 3 aromatic carbocycles. The van der Waals surface area contributed by atoms with Crippen LogP contribution in [0.25, 0.3) is 32.5 Å². The average Bonchev–Trinajstić information content (AvgIpc) is 2.97. The monoisotopic (exact) mass is 301 g/mol. The zero-order valence-corrected chi connectivity index (χ0v) is 13.1. The van der Waals surface area contributed by atoms with Gasteiger partial charge in [-0.05, 0) is 17.7 Å². The first-order chi connectivity index (χ1) is 10.8. The lowest BCUT2D eigenvalue weighted by Crippen LogP contribution is -1.83. The van der Waals surface area contributed by atoms with Gasteiger partial charge in [-0.25, -0.2) is 4.98 Å². The lowest BCUT2D eigenvalue weighted by molar-refractivity contribution is 1.30. The maximum absolute atomic E-state index is 4.78. The minimum absolute atomic E-state index is 1.08. The van der Waals surface area contributed by atoms with Crippen LogP contribution in [0, 0.1) is 6.92 Å². The topological polar surface area (TPSA) is 12.9 Å². The number of thiazole rings is 1. The molecule has 0 spiro atoms. The van der Waals surface area contributed by atoms with Crippen LogP contribution in [0.3, 0.4) is 0 Å². The van der Waals surface area contributed by atoms with Gasteiger partial charge >= 0.3 is 0 Å². The molecule has 0 bridgehead atoms. The van der Waals surface area contributed by atoms with Crippen LogP contribution in [0.15, 0.2) is 72.8 Å². The molecule has 0 atom stereocenters. The van der Waals surface area contributed by atoms with Crippen molar-refractivity contribution in [2.75, 3.05) is 0 Å². The van der Waals surface area contributed by atoms with E-state index in [-0.39, 0.29) is 0 Å². The second kappa shape index (κ2) is 5.39. The van der Waals surface area contributed by atoms with Crippen LogP contribution in [0.2, 0.25) is 0 Å². The molecule has 1 nitrogen and oxygen atoms in total. The Balaban J connectivity index is 2.00. The van der Waals surface area contributed by atoms with Gasteiger partial charge in [0.05, 0.1) is 15.6 Å². The van der Waals surface area contributed by atoms with Crippen LogP contribution in [0.4, 0.5) is 0 Å². The Kier molecular flexibility index (Phi) is 3.24. The van der Waals surface area contributed by atoms with Gasteiger partial charge in [0.2, 0.25) is 0 Å². The summed E-state index contributed by atoms with van der Waals surface area (Å²) in [5, 5.41) is 3.65. The number of hydrogen-bond donors (Lipinski definition) is 0. The van der Waals surface area contributed by atoms with Crippen molar-refractivity contribution < 1.29 is 0 Å². The van der Waals surface area contributed by atoms with Gasteiger partial charge in [-0.15, -0.1) is 11.3 Å². The Morgan fingerprint density at radius 2 is 1.50 bits per heavy atom. The van der Waals surface area contributed by atoms with Crippen molar-refractivity contribution in [3.05, 3.63) is 77.8 Å². The first kappa shape index (κ1) is 13.2. The highest BCUT2D eigenvalue weighted by Crippen LogP contribution is 2.39. The molecule has 0 saturated carbocycles. The molecular formula is C20H15NS. The number of hydrogen-bond acceptors (Lipinski definition) is 2. The lowest BCUT2D eigenvalue weighted by atomic mass is 10.0. The smallest absolute Gasteiger partial charge is 0.0908 e. The van der Waals surface area contributed by atoms with Crippen LogP contribution < -0.4 is 0 Å². The minimum Gasteiger partial charge on any atom is -0.241 e. The molecule has 2 heteroatoms. The number of aromatic nitrogens is 1. The molecule has 4 aromatic rings. The largest absolute Gasteiger partial charge is 0.241 e. The number of fused-ring (bicyclic) bond motifs is 1. The van der Waals surface area contributed by atoms with Gasteiger partial charge in [-0.3, -0.25) is 0 Å². The molecule has 0 fully saturated rings. The van der Waals surface area contributed by atoms with E-state index in [0.29, 0.717) is 0 Å². The Hall–Kier alpha value is -2.45. The maximum Gasteiger partial charge on any atom is 0.0908 e.